The number of hydrogen-bond donors (Lipinski definition) is 1. The summed E-state index contributed by atoms with van der Waals surface area (Å²) in [5.41, 5.74) is 5.60. The normalized spacial score (nSPS) is 13.2. The molecule has 8 heteroatoms. The molecule has 0 amide bonds. The Labute approximate surface area is 143 Å². The maximum Gasteiger partial charge on any atom is 0.212 e. The number of aromatic nitrogens is 6. The van der Waals surface area contributed by atoms with Crippen molar-refractivity contribution in [3.05, 3.63) is 40.9 Å². The Morgan fingerprint density at radius 2 is 1.96 bits per heavy atom. The lowest BCUT2D eigenvalue weighted by molar-refractivity contribution is 0.785. The number of hydrogen-bond acceptors (Lipinski definition) is 6. The molecule has 4 aromatic rings. The van der Waals surface area contributed by atoms with E-state index in [1.54, 1.807) is 10.0 Å². The summed E-state index contributed by atoms with van der Waals surface area (Å²) in [4.78, 5) is 10.2. The average molecular weight is 341 g/mol. The molecule has 4 heterocycles. The Balaban J connectivity index is 1.73. The Kier molecular flexibility index (Phi) is 3.49. The van der Waals surface area contributed by atoms with Crippen molar-refractivity contribution in [2.24, 2.45) is 0 Å². The van der Waals surface area contributed by atoms with Crippen LogP contribution in [0, 0.1) is 6.92 Å². The van der Waals surface area contributed by atoms with Gasteiger partial charge in [0, 0.05) is 17.8 Å². The van der Waals surface area contributed by atoms with Crippen LogP contribution in [-0.2, 0) is 0 Å². The molecule has 24 heavy (non-hydrogen) atoms. The first kappa shape index (κ1) is 15.1. The third-order valence-electron chi connectivity index (χ3n) is 3.97. The molecule has 1 unspecified atom stereocenters. The molecule has 0 bridgehead atoms. The monoisotopic (exact) mass is 341 g/mol. The van der Waals surface area contributed by atoms with Crippen LogP contribution in [0.3, 0.4) is 0 Å². The van der Waals surface area contributed by atoms with Crippen LogP contribution in [0.1, 0.15) is 49.8 Å². The van der Waals surface area contributed by atoms with Crippen molar-refractivity contribution in [1.29, 1.82) is 0 Å². The second-order valence-electron chi connectivity index (χ2n) is 6.27. The zero-order chi connectivity index (χ0) is 16.8. The second-order valence-corrected chi connectivity index (χ2v) is 7.09. The van der Waals surface area contributed by atoms with Gasteiger partial charge >= 0.3 is 0 Å². The van der Waals surface area contributed by atoms with E-state index < -0.39 is 0 Å². The van der Waals surface area contributed by atoms with Crippen LogP contribution in [-0.4, -0.2) is 29.2 Å². The fraction of sp³-hybridized carbons (Fsp3) is 0.375. The van der Waals surface area contributed by atoms with Gasteiger partial charge in [0.2, 0.25) is 4.96 Å². The fourth-order valence-corrected chi connectivity index (χ4v) is 3.28. The van der Waals surface area contributed by atoms with Gasteiger partial charge in [0.1, 0.15) is 11.3 Å². The van der Waals surface area contributed by atoms with Crippen molar-refractivity contribution in [1.82, 2.24) is 29.2 Å². The first-order chi connectivity index (χ1) is 11.5. The summed E-state index contributed by atoms with van der Waals surface area (Å²) in [6, 6.07) is 4.10. The van der Waals surface area contributed by atoms with Crippen molar-refractivity contribution in [2.75, 3.05) is 5.32 Å². The molecule has 0 aromatic carbocycles. The van der Waals surface area contributed by atoms with Crippen LogP contribution in [0.15, 0.2) is 23.8 Å². The van der Waals surface area contributed by atoms with Crippen LogP contribution in [0.2, 0.25) is 0 Å². The highest BCUT2D eigenvalue weighted by Gasteiger charge is 2.15. The molecule has 0 radical (unpaired) electrons. The minimum Gasteiger partial charge on any atom is -0.362 e. The number of aryl methyl sites for hydroxylation is 1. The van der Waals surface area contributed by atoms with E-state index in [0.29, 0.717) is 5.92 Å². The maximum absolute atomic E-state index is 4.70. The van der Waals surface area contributed by atoms with Crippen molar-refractivity contribution < 1.29 is 0 Å². The van der Waals surface area contributed by atoms with Gasteiger partial charge in [0.15, 0.2) is 5.65 Å². The van der Waals surface area contributed by atoms with E-state index in [1.807, 2.05) is 23.7 Å². The Morgan fingerprint density at radius 1 is 1.12 bits per heavy atom. The third kappa shape index (κ3) is 2.52. The molecule has 0 aliphatic rings. The van der Waals surface area contributed by atoms with Crippen molar-refractivity contribution in [3.8, 4) is 0 Å². The van der Waals surface area contributed by atoms with E-state index in [4.69, 9.17) is 4.98 Å². The molecular weight excluding hydrogens is 322 g/mol. The molecule has 7 nitrogen and oxygen atoms in total. The van der Waals surface area contributed by atoms with Crippen LogP contribution < -0.4 is 5.32 Å². The van der Waals surface area contributed by atoms with E-state index in [2.05, 4.69) is 47.3 Å². The molecule has 0 fully saturated rings. The van der Waals surface area contributed by atoms with Gasteiger partial charge in [-0.05, 0) is 19.8 Å². The largest absolute Gasteiger partial charge is 0.362 e. The van der Waals surface area contributed by atoms with Gasteiger partial charge in [-0.2, -0.15) is 14.7 Å². The van der Waals surface area contributed by atoms with E-state index >= 15 is 0 Å². The minimum atomic E-state index is 0.0361. The quantitative estimate of drug-likeness (QED) is 0.615. The molecule has 4 aromatic heterocycles. The smallest absolute Gasteiger partial charge is 0.212 e. The van der Waals surface area contributed by atoms with E-state index in [9.17, 15) is 0 Å². The summed E-state index contributed by atoms with van der Waals surface area (Å²) < 4.78 is 3.66. The molecule has 0 aliphatic heterocycles. The van der Waals surface area contributed by atoms with E-state index in [-0.39, 0.29) is 6.04 Å². The highest BCUT2D eigenvalue weighted by Crippen LogP contribution is 2.24. The fourth-order valence-electron chi connectivity index (χ4n) is 2.67. The predicted molar refractivity (Wildman–Crippen MR) is 94.7 cm³/mol. The summed E-state index contributed by atoms with van der Waals surface area (Å²) >= 11 is 1.53. The molecule has 0 saturated heterocycles. The molecular formula is C16H19N7S. The first-order valence-corrected chi connectivity index (χ1v) is 8.82. The van der Waals surface area contributed by atoms with Crippen LogP contribution >= 0.6 is 11.3 Å². The van der Waals surface area contributed by atoms with Gasteiger partial charge in [-0.25, -0.2) is 14.5 Å². The predicted octanol–water partition coefficient (Wildman–Crippen LogP) is 3.44. The zero-order valence-corrected chi connectivity index (χ0v) is 14.9. The molecule has 124 valence electrons. The summed E-state index contributed by atoms with van der Waals surface area (Å²) in [7, 11) is 0. The van der Waals surface area contributed by atoms with E-state index in [0.717, 1.165) is 33.5 Å². The maximum atomic E-state index is 4.70. The number of fused-ring (bicyclic) bond motifs is 2. The SMILES string of the molecule is Cc1cc2nc(C(C)C)cc(NC(C)c3cn4ncsc4n3)n2n1. The van der Waals surface area contributed by atoms with Crippen molar-refractivity contribution >= 4 is 27.8 Å². The summed E-state index contributed by atoms with van der Waals surface area (Å²) in [5, 5.41) is 12.3. The van der Waals surface area contributed by atoms with Crippen LogP contribution in [0.25, 0.3) is 10.6 Å². The first-order valence-electron chi connectivity index (χ1n) is 7.94. The Bertz CT molecular complexity index is 982. The van der Waals surface area contributed by atoms with Gasteiger partial charge in [-0.3, -0.25) is 0 Å². The standard InChI is InChI=1S/C16H19N7S/c1-9(2)12-6-15(23-14(19-12)5-10(3)21-23)18-11(4)13-7-22-16(20-13)24-8-17-22/h5-9,11,18H,1-4H3. The summed E-state index contributed by atoms with van der Waals surface area (Å²) in [5.74, 6) is 1.27. The number of rotatable bonds is 4. The minimum absolute atomic E-state index is 0.0361. The molecule has 1 atom stereocenters. The second kappa shape index (κ2) is 5.55. The number of imidazole rings is 1. The summed E-state index contributed by atoms with van der Waals surface area (Å²) in [6.07, 6.45) is 1.96. The average Bonchev–Trinajstić information content (AvgIpc) is 3.19. The topological polar surface area (TPSA) is 72.4 Å². The highest BCUT2D eigenvalue weighted by atomic mass is 32.1. The highest BCUT2D eigenvalue weighted by molar-refractivity contribution is 7.14. The lowest BCUT2D eigenvalue weighted by atomic mass is 10.1. The summed E-state index contributed by atoms with van der Waals surface area (Å²) in [6.45, 7) is 8.35. The molecule has 0 aliphatic carbocycles. The lowest BCUT2D eigenvalue weighted by Crippen LogP contribution is -2.12. The zero-order valence-electron chi connectivity index (χ0n) is 14.1. The van der Waals surface area contributed by atoms with Gasteiger partial charge in [0.25, 0.3) is 0 Å². The Morgan fingerprint density at radius 3 is 2.71 bits per heavy atom. The molecule has 4 rings (SSSR count). The number of nitrogens with one attached hydrogen (secondary N) is 1. The van der Waals surface area contributed by atoms with Gasteiger partial charge < -0.3 is 5.32 Å². The van der Waals surface area contributed by atoms with Gasteiger partial charge in [-0.15, -0.1) is 0 Å². The van der Waals surface area contributed by atoms with Gasteiger partial charge in [0.05, 0.1) is 23.6 Å². The Hall–Kier alpha value is -2.48. The molecule has 0 saturated carbocycles. The molecule has 1 N–H and O–H groups in total. The van der Waals surface area contributed by atoms with E-state index in [1.165, 1.54) is 11.3 Å². The van der Waals surface area contributed by atoms with Crippen molar-refractivity contribution in [2.45, 2.75) is 39.7 Å². The lowest BCUT2D eigenvalue weighted by Gasteiger charge is -2.16. The van der Waals surface area contributed by atoms with Crippen LogP contribution in [0.4, 0.5) is 5.82 Å². The van der Waals surface area contributed by atoms with Crippen LogP contribution in [0.5, 0.6) is 0 Å². The van der Waals surface area contributed by atoms with Gasteiger partial charge in [-0.1, -0.05) is 25.2 Å². The number of anilines is 1. The third-order valence-corrected chi connectivity index (χ3v) is 4.66. The molecule has 0 spiro atoms. The number of nitrogens with zero attached hydrogens (tertiary/aromatic N) is 6. The van der Waals surface area contributed by atoms with Crippen molar-refractivity contribution in [3.63, 3.8) is 0 Å².